The van der Waals surface area contributed by atoms with Gasteiger partial charge in [0.1, 0.15) is 5.52 Å². The number of ketones is 1. The lowest BCUT2D eigenvalue weighted by Crippen LogP contribution is -2.46. The van der Waals surface area contributed by atoms with Gasteiger partial charge in [0.15, 0.2) is 11.5 Å². The zero-order valence-electron chi connectivity index (χ0n) is 18.0. The number of nitrogens with one attached hydrogen (secondary N) is 1. The summed E-state index contributed by atoms with van der Waals surface area (Å²) in [5.41, 5.74) is 6.05. The maximum atomic E-state index is 13.4. The van der Waals surface area contributed by atoms with Gasteiger partial charge in [-0.05, 0) is 25.1 Å². The summed E-state index contributed by atoms with van der Waals surface area (Å²) in [7, 11) is 0. The molecule has 0 saturated carbocycles. The van der Waals surface area contributed by atoms with Gasteiger partial charge in [-0.1, -0.05) is 47.6 Å². The van der Waals surface area contributed by atoms with Crippen molar-refractivity contribution in [3.05, 3.63) is 71.8 Å². The van der Waals surface area contributed by atoms with Crippen LogP contribution >= 0.6 is 0 Å². The molecule has 0 spiro atoms. The monoisotopic (exact) mass is 424 g/mol. The van der Waals surface area contributed by atoms with Gasteiger partial charge in [0.05, 0.1) is 16.6 Å². The largest absolute Gasteiger partial charge is 0.385 e. The molecule has 4 aromatic rings. The van der Waals surface area contributed by atoms with Gasteiger partial charge in [-0.15, -0.1) is 0 Å². The summed E-state index contributed by atoms with van der Waals surface area (Å²) in [6.45, 7) is 6.38. The number of piperazine rings is 1. The highest BCUT2D eigenvalue weighted by Crippen LogP contribution is 2.45. The van der Waals surface area contributed by atoms with Crippen LogP contribution in [0.1, 0.15) is 22.8 Å². The van der Waals surface area contributed by atoms with Crippen molar-refractivity contribution in [1.29, 1.82) is 0 Å². The Morgan fingerprint density at radius 1 is 0.938 bits per heavy atom. The minimum atomic E-state index is 0.0256. The Kier molecular flexibility index (Phi) is 4.38. The third-order valence-corrected chi connectivity index (χ3v) is 6.49. The zero-order chi connectivity index (χ0) is 21.7. The molecule has 6 heteroatoms. The van der Waals surface area contributed by atoms with E-state index in [0.29, 0.717) is 16.9 Å². The molecule has 6 nitrogen and oxygen atoms in total. The van der Waals surface area contributed by atoms with Gasteiger partial charge in [0.25, 0.3) is 0 Å². The second kappa shape index (κ2) is 7.41. The molecule has 1 aliphatic heterocycles. The van der Waals surface area contributed by atoms with Crippen LogP contribution in [0, 0.1) is 0 Å². The van der Waals surface area contributed by atoms with Gasteiger partial charge in [0, 0.05) is 55.2 Å². The second-order valence-corrected chi connectivity index (χ2v) is 8.27. The molecule has 6 rings (SSSR count). The van der Waals surface area contributed by atoms with Crippen molar-refractivity contribution < 1.29 is 9.32 Å². The molecule has 160 valence electrons. The fraction of sp³-hybridized carbons (Fsp3) is 0.231. The van der Waals surface area contributed by atoms with Crippen LogP contribution in [0.15, 0.2) is 65.2 Å². The molecule has 1 fully saturated rings. The molecule has 32 heavy (non-hydrogen) atoms. The van der Waals surface area contributed by atoms with Crippen molar-refractivity contribution in [2.24, 2.45) is 0 Å². The standard InChI is InChI=1S/C26H24N4O2/c1-2-27-20-16-21(30-14-12-29(13-15-30)17-8-4-3-5-9-17)24-23-22(20)25(31)18-10-6-7-11-19(18)26(23)32-28-24/h3-11,16,27H,2,12-15H2,1H3. The number of carbonyl (C=O) groups excluding carboxylic acids is 1. The number of carbonyl (C=O) groups is 1. The first-order valence-corrected chi connectivity index (χ1v) is 11.2. The minimum absolute atomic E-state index is 0.0256. The maximum absolute atomic E-state index is 13.4. The van der Waals surface area contributed by atoms with Gasteiger partial charge < -0.3 is 19.6 Å². The summed E-state index contributed by atoms with van der Waals surface area (Å²) < 4.78 is 5.86. The summed E-state index contributed by atoms with van der Waals surface area (Å²) in [5, 5.41) is 8.71. The summed E-state index contributed by atoms with van der Waals surface area (Å²) >= 11 is 0. The number of rotatable bonds is 4. The summed E-state index contributed by atoms with van der Waals surface area (Å²) in [6.07, 6.45) is 0. The van der Waals surface area contributed by atoms with Gasteiger partial charge in [-0.25, -0.2) is 0 Å². The topological polar surface area (TPSA) is 61.6 Å². The average molecular weight is 425 g/mol. The van der Waals surface area contributed by atoms with E-state index in [1.807, 2.05) is 37.3 Å². The fourth-order valence-corrected chi connectivity index (χ4v) is 4.96. The lowest BCUT2D eigenvalue weighted by atomic mass is 9.86. The molecule has 1 N–H and O–H groups in total. The van der Waals surface area contributed by atoms with Crippen LogP contribution in [0.3, 0.4) is 0 Å². The van der Waals surface area contributed by atoms with Crippen LogP contribution in [0.25, 0.3) is 22.2 Å². The van der Waals surface area contributed by atoms with Crippen LogP contribution in [0.4, 0.5) is 17.1 Å². The molecule has 0 amide bonds. The molecule has 0 unspecified atom stereocenters. The molecule has 0 radical (unpaired) electrons. The Hall–Kier alpha value is -3.80. The third-order valence-electron chi connectivity index (χ3n) is 6.49. The van der Waals surface area contributed by atoms with Crippen LogP contribution < -0.4 is 15.1 Å². The highest BCUT2D eigenvalue weighted by molar-refractivity contribution is 6.28. The number of hydrogen-bond acceptors (Lipinski definition) is 6. The minimum Gasteiger partial charge on any atom is -0.385 e. The summed E-state index contributed by atoms with van der Waals surface area (Å²) in [6, 6.07) is 20.2. The van der Waals surface area contributed by atoms with Gasteiger partial charge in [0.2, 0.25) is 0 Å². The van der Waals surface area contributed by atoms with E-state index >= 15 is 0 Å². The molecule has 0 bridgehead atoms. The van der Waals surface area contributed by atoms with Crippen molar-refractivity contribution in [1.82, 2.24) is 5.16 Å². The lowest BCUT2D eigenvalue weighted by molar-refractivity contribution is 0.104. The highest BCUT2D eigenvalue weighted by atomic mass is 16.5. The summed E-state index contributed by atoms with van der Waals surface area (Å²) in [5.74, 6) is 0.715. The van der Waals surface area contributed by atoms with E-state index in [4.69, 9.17) is 4.52 Å². The predicted molar refractivity (Wildman–Crippen MR) is 128 cm³/mol. The molecule has 1 aromatic heterocycles. The van der Waals surface area contributed by atoms with Gasteiger partial charge in [-0.2, -0.15) is 0 Å². The number of hydrogen-bond donors (Lipinski definition) is 1. The average Bonchev–Trinajstić information content (AvgIpc) is 3.29. The third kappa shape index (κ3) is 2.79. The molecular formula is C26H24N4O2. The Morgan fingerprint density at radius 2 is 1.62 bits per heavy atom. The van der Waals surface area contributed by atoms with Crippen LogP contribution in [0.5, 0.6) is 0 Å². The number of aromatic nitrogens is 1. The Balaban J connectivity index is 1.44. The SMILES string of the molecule is CCNc1cc(N2CCN(c3ccccc3)CC2)c2noc3c2c1C(=O)c1ccccc1-3. The molecule has 2 heterocycles. The first-order chi connectivity index (χ1) is 15.8. The predicted octanol–water partition coefficient (Wildman–Crippen LogP) is 4.80. The van der Waals surface area contributed by atoms with Crippen molar-refractivity contribution >= 4 is 33.7 Å². The summed E-state index contributed by atoms with van der Waals surface area (Å²) in [4.78, 5) is 18.2. The highest BCUT2D eigenvalue weighted by Gasteiger charge is 2.34. The van der Waals surface area contributed by atoms with Crippen molar-refractivity contribution in [3.63, 3.8) is 0 Å². The molecule has 2 aliphatic rings. The van der Waals surface area contributed by atoms with Crippen LogP contribution in [-0.2, 0) is 0 Å². The van der Waals surface area contributed by atoms with E-state index in [0.717, 1.165) is 60.6 Å². The molecule has 1 aliphatic carbocycles. The lowest BCUT2D eigenvalue weighted by Gasteiger charge is -2.37. The van der Waals surface area contributed by atoms with E-state index in [1.165, 1.54) is 5.69 Å². The number of fused-ring (bicyclic) bond motifs is 2. The second-order valence-electron chi connectivity index (χ2n) is 8.27. The molecule has 3 aromatic carbocycles. The molecule has 1 saturated heterocycles. The van der Waals surface area contributed by atoms with Crippen LogP contribution in [0.2, 0.25) is 0 Å². The number of anilines is 3. The normalized spacial score (nSPS) is 15.2. The maximum Gasteiger partial charge on any atom is 0.196 e. The quantitative estimate of drug-likeness (QED) is 0.447. The first-order valence-electron chi connectivity index (χ1n) is 11.2. The van der Waals surface area contributed by atoms with E-state index in [9.17, 15) is 4.79 Å². The number of benzene rings is 3. The van der Waals surface area contributed by atoms with Gasteiger partial charge >= 0.3 is 0 Å². The van der Waals surface area contributed by atoms with Crippen molar-refractivity contribution in [3.8, 4) is 11.3 Å². The van der Waals surface area contributed by atoms with Crippen molar-refractivity contribution in [2.75, 3.05) is 47.8 Å². The van der Waals surface area contributed by atoms with Gasteiger partial charge in [-0.3, -0.25) is 4.79 Å². The molecular weight excluding hydrogens is 400 g/mol. The first kappa shape index (κ1) is 18.9. The van der Waals surface area contributed by atoms with E-state index < -0.39 is 0 Å². The Labute approximate surface area is 186 Å². The van der Waals surface area contributed by atoms with E-state index in [1.54, 1.807) is 0 Å². The Bertz CT molecular complexity index is 1320. The zero-order valence-corrected chi connectivity index (χ0v) is 18.0. The van der Waals surface area contributed by atoms with Crippen molar-refractivity contribution in [2.45, 2.75) is 6.92 Å². The number of para-hydroxylation sites is 1. The Morgan fingerprint density at radius 3 is 2.38 bits per heavy atom. The van der Waals surface area contributed by atoms with E-state index in [2.05, 4.69) is 50.6 Å². The van der Waals surface area contributed by atoms with E-state index in [-0.39, 0.29) is 5.78 Å². The number of nitrogens with zero attached hydrogens (tertiary/aromatic N) is 3. The fourth-order valence-electron chi connectivity index (χ4n) is 4.96. The smallest absolute Gasteiger partial charge is 0.196 e. The van der Waals surface area contributed by atoms with Crippen LogP contribution in [-0.4, -0.2) is 43.7 Å². The molecule has 0 atom stereocenters.